The Morgan fingerprint density at radius 1 is 1.08 bits per heavy atom. The number of carbonyl (C=O) groups is 1. The Balaban J connectivity index is 1.49. The second-order valence-corrected chi connectivity index (χ2v) is 6.91. The molecule has 6 nitrogen and oxygen atoms in total. The highest BCUT2D eigenvalue weighted by Crippen LogP contribution is 2.23. The lowest BCUT2D eigenvalue weighted by Crippen LogP contribution is -2.49. The van der Waals surface area contributed by atoms with Crippen LogP contribution in [0.1, 0.15) is 0 Å². The molecule has 1 aliphatic heterocycles. The number of halogens is 1. The van der Waals surface area contributed by atoms with Crippen LogP contribution < -0.4 is 4.90 Å². The summed E-state index contributed by atoms with van der Waals surface area (Å²) >= 11 is 1.35. The van der Waals surface area contributed by atoms with Gasteiger partial charge in [0.05, 0.1) is 16.4 Å². The van der Waals surface area contributed by atoms with Crippen molar-refractivity contribution in [2.24, 2.45) is 0 Å². The van der Waals surface area contributed by atoms with Crippen molar-refractivity contribution in [2.45, 2.75) is 4.90 Å². The zero-order valence-corrected chi connectivity index (χ0v) is 14.8. The lowest BCUT2D eigenvalue weighted by molar-refractivity contribution is -0.384. The number of anilines is 1. The minimum Gasteiger partial charge on any atom is -0.366 e. The summed E-state index contributed by atoms with van der Waals surface area (Å²) in [5.41, 5.74) is 0.602. The largest absolute Gasteiger partial charge is 0.366 e. The number of para-hydroxylation sites is 1. The van der Waals surface area contributed by atoms with Gasteiger partial charge < -0.3 is 9.80 Å². The van der Waals surface area contributed by atoms with Gasteiger partial charge in [-0.15, -0.1) is 11.8 Å². The topological polar surface area (TPSA) is 66.7 Å². The SMILES string of the molecule is O=C(CSc1ccc([N+](=O)[O-])cc1)N1CCN(c2ccccc2F)CC1. The summed E-state index contributed by atoms with van der Waals surface area (Å²) in [7, 11) is 0. The van der Waals surface area contributed by atoms with Crippen molar-refractivity contribution in [3.63, 3.8) is 0 Å². The summed E-state index contributed by atoms with van der Waals surface area (Å²) in [5.74, 6) is 0.0415. The van der Waals surface area contributed by atoms with Crippen molar-refractivity contribution >= 4 is 29.0 Å². The van der Waals surface area contributed by atoms with Crippen molar-refractivity contribution in [1.82, 2.24) is 4.90 Å². The van der Waals surface area contributed by atoms with E-state index in [-0.39, 0.29) is 23.2 Å². The molecule has 0 unspecified atom stereocenters. The van der Waals surface area contributed by atoms with E-state index in [2.05, 4.69) is 0 Å². The lowest BCUT2D eigenvalue weighted by atomic mass is 10.2. The summed E-state index contributed by atoms with van der Waals surface area (Å²) in [6, 6.07) is 12.8. The Kier molecular flexibility index (Phi) is 5.72. The first kappa shape index (κ1) is 18.2. The molecular formula is C18H18FN3O3S. The summed E-state index contributed by atoms with van der Waals surface area (Å²) < 4.78 is 13.8. The minimum atomic E-state index is -0.450. The van der Waals surface area contributed by atoms with Crippen LogP contribution in [-0.4, -0.2) is 47.7 Å². The molecule has 0 N–H and O–H groups in total. The van der Waals surface area contributed by atoms with Gasteiger partial charge >= 0.3 is 0 Å². The third-order valence-electron chi connectivity index (χ3n) is 4.24. The van der Waals surface area contributed by atoms with Gasteiger partial charge in [-0.25, -0.2) is 4.39 Å². The molecule has 2 aromatic carbocycles. The Morgan fingerprint density at radius 2 is 1.73 bits per heavy atom. The van der Waals surface area contributed by atoms with Crippen molar-refractivity contribution in [3.05, 3.63) is 64.5 Å². The molecule has 0 aromatic heterocycles. The van der Waals surface area contributed by atoms with E-state index in [0.29, 0.717) is 31.9 Å². The van der Waals surface area contributed by atoms with Crippen molar-refractivity contribution < 1.29 is 14.1 Å². The smallest absolute Gasteiger partial charge is 0.269 e. The van der Waals surface area contributed by atoms with Crippen LogP contribution in [0.15, 0.2) is 53.4 Å². The number of non-ortho nitro benzene ring substituents is 1. The number of thioether (sulfide) groups is 1. The molecule has 0 bridgehead atoms. The van der Waals surface area contributed by atoms with Gasteiger partial charge in [0, 0.05) is 43.2 Å². The first-order chi connectivity index (χ1) is 12.5. The zero-order valence-electron chi connectivity index (χ0n) is 14.0. The second kappa shape index (κ2) is 8.18. The van der Waals surface area contributed by atoms with Crippen LogP contribution in [-0.2, 0) is 4.79 Å². The number of hydrogen-bond acceptors (Lipinski definition) is 5. The molecule has 0 aliphatic carbocycles. The first-order valence-electron chi connectivity index (χ1n) is 8.19. The summed E-state index contributed by atoms with van der Waals surface area (Å²) in [4.78, 5) is 27.1. The van der Waals surface area contributed by atoms with Crippen LogP contribution in [0, 0.1) is 15.9 Å². The Labute approximate surface area is 154 Å². The van der Waals surface area contributed by atoms with Crippen molar-refractivity contribution in [1.29, 1.82) is 0 Å². The van der Waals surface area contributed by atoms with Gasteiger partial charge in [0.15, 0.2) is 0 Å². The number of nitro benzene ring substituents is 1. The standard InChI is InChI=1S/C18H18FN3O3S/c19-16-3-1-2-4-17(16)20-9-11-21(12-10-20)18(23)13-26-15-7-5-14(6-8-15)22(24)25/h1-8H,9-13H2. The quantitative estimate of drug-likeness (QED) is 0.456. The normalized spacial score (nSPS) is 14.3. The number of benzene rings is 2. The number of rotatable bonds is 5. The molecule has 1 heterocycles. The number of hydrogen-bond donors (Lipinski definition) is 0. The maximum absolute atomic E-state index is 13.8. The minimum absolute atomic E-state index is 0.0153. The highest BCUT2D eigenvalue weighted by molar-refractivity contribution is 8.00. The maximum Gasteiger partial charge on any atom is 0.269 e. The highest BCUT2D eigenvalue weighted by Gasteiger charge is 2.22. The number of nitrogens with zero attached hydrogens (tertiary/aromatic N) is 3. The van der Waals surface area contributed by atoms with Gasteiger partial charge in [-0.05, 0) is 24.3 Å². The predicted molar refractivity (Wildman–Crippen MR) is 99.0 cm³/mol. The second-order valence-electron chi connectivity index (χ2n) is 5.86. The van der Waals surface area contributed by atoms with Gasteiger partial charge in [0.25, 0.3) is 5.69 Å². The molecule has 1 aliphatic rings. The van der Waals surface area contributed by atoms with E-state index in [1.165, 1.54) is 30.0 Å². The van der Waals surface area contributed by atoms with Gasteiger partial charge in [-0.3, -0.25) is 14.9 Å². The average Bonchev–Trinajstić information content (AvgIpc) is 2.67. The first-order valence-corrected chi connectivity index (χ1v) is 9.17. The molecule has 0 atom stereocenters. The number of carbonyl (C=O) groups excluding carboxylic acids is 1. The van der Waals surface area contributed by atoms with E-state index in [1.54, 1.807) is 35.2 Å². The monoisotopic (exact) mass is 375 g/mol. The van der Waals surface area contributed by atoms with E-state index >= 15 is 0 Å². The molecule has 8 heteroatoms. The molecular weight excluding hydrogens is 357 g/mol. The van der Waals surface area contributed by atoms with E-state index in [9.17, 15) is 19.3 Å². The fourth-order valence-electron chi connectivity index (χ4n) is 2.81. The molecule has 136 valence electrons. The fourth-order valence-corrected chi connectivity index (χ4v) is 3.61. The van der Waals surface area contributed by atoms with Crippen molar-refractivity contribution in [2.75, 3.05) is 36.8 Å². The van der Waals surface area contributed by atoms with Crippen LogP contribution in [0.4, 0.5) is 15.8 Å². The summed E-state index contributed by atoms with van der Waals surface area (Å²) in [6.45, 7) is 2.28. The number of piperazine rings is 1. The molecule has 0 saturated carbocycles. The molecule has 2 aromatic rings. The molecule has 0 radical (unpaired) electrons. The van der Waals surface area contributed by atoms with Crippen LogP contribution in [0.3, 0.4) is 0 Å². The Morgan fingerprint density at radius 3 is 2.35 bits per heavy atom. The molecule has 26 heavy (non-hydrogen) atoms. The van der Waals surface area contributed by atoms with Gasteiger partial charge in [0.2, 0.25) is 5.91 Å². The molecule has 1 fully saturated rings. The molecule has 3 rings (SSSR count). The van der Waals surface area contributed by atoms with Gasteiger partial charge in [-0.1, -0.05) is 12.1 Å². The number of amides is 1. The fraction of sp³-hybridized carbons (Fsp3) is 0.278. The van der Waals surface area contributed by atoms with Crippen molar-refractivity contribution in [3.8, 4) is 0 Å². The van der Waals surface area contributed by atoms with Crippen LogP contribution in [0.25, 0.3) is 0 Å². The van der Waals surface area contributed by atoms with Crippen LogP contribution in [0.5, 0.6) is 0 Å². The van der Waals surface area contributed by atoms with E-state index < -0.39 is 4.92 Å². The average molecular weight is 375 g/mol. The van der Waals surface area contributed by atoms with Crippen LogP contribution >= 0.6 is 11.8 Å². The zero-order chi connectivity index (χ0) is 18.5. The molecule has 1 amide bonds. The van der Waals surface area contributed by atoms with E-state index in [4.69, 9.17) is 0 Å². The van der Waals surface area contributed by atoms with E-state index in [1.807, 2.05) is 4.90 Å². The third kappa shape index (κ3) is 4.32. The van der Waals surface area contributed by atoms with Gasteiger partial charge in [0.1, 0.15) is 5.82 Å². The summed E-state index contributed by atoms with van der Waals surface area (Å²) in [6.07, 6.45) is 0. The summed E-state index contributed by atoms with van der Waals surface area (Å²) in [5, 5.41) is 10.6. The predicted octanol–water partition coefficient (Wildman–Crippen LogP) is 3.17. The van der Waals surface area contributed by atoms with Crippen LogP contribution in [0.2, 0.25) is 0 Å². The lowest BCUT2D eigenvalue weighted by Gasteiger charge is -2.36. The third-order valence-corrected chi connectivity index (χ3v) is 5.23. The maximum atomic E-state index is 13.8. The van der Waals surface area contributed by atoms with E-state index in [0.717, 1.165) is 4.90 Å². The molecule has 0 spiro atoms. The molecule has 1 saturated heterocycles. The highest BCUT2D eigenvalue weighted by atomic mass is 32.2. The Hall–Kier alpha value is -2.61. The van der Waals surface area contributed by atoms with Gasteiger partial charge in [-0.2, -0.15) is 0 Å². The Bertz CT molecular complexity index is 793. The number of nitro groups is 1.